The molecule has 0 aliphatic carbocycles. The second-order valence-electron chi connectivity index (χ2n) is 7.90. The molecular weight excluding hydrogens is 489 g/mol. The number of nitrogens with one attached hydrogen (secondary N) is 3. The summed E-state index contributed by atoms with van der Waals surface area (Å²) in [7, 11) is -4.08. The number of rotatable bonds is 11. The van der Waals surface area contributed by atoms with E-state index >= 15 is 0 Å². The fourth-order valence-electron chi connectivity index (χ4n) is 3.48. The fraction of sp³-hybridized carbons (Fsp3) is 0.217. The Balaban J connectivity index is 1.62. The third-order valence-electron chi connectivity index (χ3n) is 5.26. The zero-order valence-electron chi connectivity index (χ0n) is 19.1. The van der Waals surface area contributed by atoms with E-state index in [0.717, 1.165) is 29.8 Å². The number of fused-ring (bicyclic) bond motifs is 1. The number of carbonyl (C=O) groups is 1. The molecule has 1 amide bonds. The lowest BCUT2D eigenvalue weighted by Gasteiger charge is -2.11. The number of unbranched alkanes of at least 4 members (excludes halogenated alkanes) is 1. The van der Waals surface area contributed by atoms with E-state index in [-0.39, 0.29) is 17.3 Å². The zero-order valence-corrected chi connectivity index (χ0v) is 19.9. The summed E-state index contributed by atoms with van der Waals surface area (Å²) in [6, 6.07) is 14.0. The SMILES string of the molecule is O=C(CCCCNc1nc(NS(=O)(=O)c2ccc(F)cc2)nc2c1ncn2Cc1ccccc1)NO. The van der Waals surface area contributed by atoms with Gasteiger partial charge < -0.3 is 9.88 Å². The molecule has 4 aromatic rings. The Kier molecular flexibility index (Phi) is 7.71. The van der Waals surface area contributed by atoms with Gasteiger partial charge in [0.05, 0.1) is 17.8 Å². The van der Waals surface area contributed by atoms with Crippen molar-refractivity contribution in [1.82, 2.24) is 25.0 Å². The van der Waals surface area contributed by atoms with E-state index in [1.165, 1.54) is 0 Å². The second-order valence-corrected chi connectivity index (χ2v) is 9.59. The van der Waals surface area contributed by atoms with Gasteiger partial charge >= 0.3 is 0 Å². The van der Waals surface area contributed by atoms with Crippen LogP contribution in [0.4, 0.5) is 16.2 Å². The summed E-state index contributed by atoms with van der Waals surface area (Å²) in [5.74, 6) is -0.894. The van der Waals surface area contributed by atoms with E-state index in [2.05, 4.69) is 25.0 Å². The van der Waals surface area contributed by atoms with Gasteiger partial charge in [-0.25, -0.2) is 28.0 Å². The summed E-state index contributed by atoms with van der Waals surface area (Å²) < 4.78 is 43.1. The summed E-state index contributed by atoms with van der Waals surface area (Å²) in [5.41, 5.74) is 3.45. The van der Waals surface area contributed by atoms with Crippen molar-refractivity contribution in [2.45, 2.75) is 30.7 Å². The molecule has 36 heavy (non-hydrogen) atoms. The molecule has 2 heterocycles. The molecule has 2 aromatic heterocycles. The maximum atomic E-state index is 13.3. The molecule has 0 saturated carbocycles. The minimum atomic E-state index is -4.08. The number of amides is 1. The topological polar surface area (TPSA) is 151 Å². The number of carbonyl (C=O) groups excluding carboxylic acids is 1. The molecule has 2 aromatic carbocycles. The fourth-order valence-corrected chi connectivity index (χ4v) is 4.42. The second kappa shape index (κ2) is 11.1. The van der Waals surface area contributed by atoms with E-state index in [1.807, 2.05) is 30.3 Å². The number of sulfonamides is 1. The summed E-state index contributed by atoms with van der Waals surface area (Å²) >= 11 is 0. The highest BCUT2D eigenvalue weighted by molar-refractivity contribution is 7.92. The Morgan fingerprint density at radius 3 is 2.50 bits per heavy atom. The van der Waals surface area contributed by atoms with Crippen LogP contribution in [-0.4, -0.2) is 45.6 Å². The number of halogens is 1. The van der Waals surface area contributed by atoms with Crippen LogP contribution in [0.5, 0.6) is 0 Å². The van der Waals surface area contributed by atoms with Crippen molar-refractivity contribution in [2.24, 2.45) is 0 Å². The van der Waals surface area contributed by atoms with Crippen LogP contribution in [0.2, 0.25) is 0 Å². The summed E-state index contributed by atoms with van der Waals surface area (Å²) in [6.07, 6.45) is 2.85. The van der Waals surface area contributed by atoms with Crippen molar-refractivity contribution in [1.29, 1.82) is 0 Å². The number of hydrogen-bond acceptors (Lipinski definition) is 8. The van der Waals surface area contributed by atoms with Gasteiger partial charge in [-0.15, -0.1) is 0 Å². The van der Waals surface area contributed by atoms with Gasteiger partial charge in [-0.05, 0) is 42.7 Å². The molecule has 13 heteroatoms. The van der Waals surface area contributed by atoms with Crippen LogP contribution < -0.4 is 15.5 Å². The van der Waals surface area contributed by atoms with Gasteiger partial charge in [0.2, 0.25) is 11.9 Å². The first-order valence-electron chi connectivity index (χ1n) is 11.1. The number of hydroxylamine groups is 1. The molecule has 188 valence electrons. The highest BCUT2D eigenvalue weighted by Gasteiger charge is 2.19. The minimum Gasteiger partial charge on any atom is -0.368 e. The molecule has 4 rings (SSSR count). The molecule has 0 bridgehead atoms. The highest BCUT2D eigenvalue weighted by atomic mass is 32.2. The lowest BCUT2D eigenvalue weighted by Crippen LogP contribution is -2.18. The summed E-state index contributed by atoms with van der Waals surface area (Å²) in [5, 5.41) is 11.7. The number of imidazole rings is 1. The number of nitrogens with zero attached hydrogens (tertiary/aromatic N) is 4. The molecule has 0 atom stereocenters. The van der Waals surface area contributed by atoms with Gasteiger partial charge in [-0.2, -0.15) is 9.97 Å². The van der Waals surface area contributed by atoms with Crippen molar-refractivity contribution in [2.75, 3.05) is 16.6 Å². The highest BCUT2D eigenvalue weighted by Crippen LogP contribution is 2.23. The Morgan fingerprint density at radius 2 is 1.78 bits per heavy atom. The average Bonchev–Trinajstić information content (AvgIpc) is 3.26. The predicted molar refractivity (Wildman–Crippen MR) is 130 cm³/mol. The average molecular weight is 514 g/mol. The van der Waals surface area contributed by atoms with Crippen LogP contribution >= 0.6 is 0 Å². The van der Waals surface area contributed by atoms with Gasteiger partial charge in [0.25, 0.3) is 10.0 Å². The number of aromatic nitrogens is 4. The van der Waals surface area contributed by atoms with Crippen LogP contribution in [0.1, 0.15) is 24.8 Å². The van der Waals surface area contributed by atoms with Gasteiger partial charge in [-0.3, -0.25) is 10.0 Å². The first-order valence-corrected chi connectivity index (χ1v) is 12.6. The molecule has 0 radical (unpaired) electrons. The molecule has 4 N–H and O–H groups in total. The van der Waals surface area contributed by atoms with Gasteiger partial charge in [0.1, 0.15) is 5.82 Å². The third-order valence-corrected chi connectivity index (χ3v) is 6.60. The number of hydrogen-bond donors (Lipinski definition) is 4. The normalized spacial score (nSPS) is 11.4. The van der Waals surface area contributed by atoms with Crippen LogP contribution in [0.3, 0.4) is 0 Å². The molecule has 0 fully saturated rings. The van der Waals surface area contributed by atoms with E-state index in [1.54, 1.807) is 16.4 Å². The standard InChI is InChI=1S/C23H24FN7O4S/c24-17-9-11-18(12-10-17)36(34,35)30-23-27-21(25-13-5-4-8-19(32)29-33)20-22(28-23)31(15-26-20)14-16-6-2-1-3-7-16/h1-3,6-7,9-12,15,33H,4-5,8,13-14H2,(H,29,32)(H2,25,27,28,30). The van der Waals surface area contributed by atoms with Crippen LogP contribution in [0, 0.1) is 5.82 Å². The van der Waals surface area contributed by atoms with Crippen molar-refractivity contribution >= 4 is 38.9 Å². The van der Waals surface area contributed by atoms with Crippen LogP contribution in [0.15, 0.2) is 65.8 Å². The van der Waals surface area contributed by atoms with E-state index < -0.39 is 21.7 Å². The Morgan fingerprint density at radius 1 is 1.03 bits per heavy atom. The van der Waals surface area contributed by atoms with Crippen molar-refractivity contribution in [3.05, 3.63) is 72.3 Å². The monoisotopic (exact) mass is 513 g/mol. The Hall–Kier alpha value is -4.10. The van der Waals surface area contributed by atoms with Gasteiger partial charge in [0.15, 0.2) is 17.0 Å². The number of benzene rings is 2. The van der Waals surface area contributed by atoms with Crippen LogP contribution in [0.25, 0.3) is 11.2 Å². The molecule has 0 aliphatic heterocycles. The van der Waals surface area contributed by atoms with Crippen molar-refractivity contribution in [3.8, 4) is 0 Å². The molecular formula is C23H24FN7O4S. The molecule has 11 nitrogen and oxygen atoms in total. The lowest BCUT2D eigenvalue weighted by atomic mass is 10.2. The third kappa shape index (κ3) is 6.12. The minimum absolute atomic E-state index is 0.137. The maximum absolute atomic E-state index is 13.3. The quantitative estimate of drug-likeness (QED) is 0.136. The first-order chi connectivity index (χ1) is 17.4. The van der Waals surface area contributed by atoms with Crippen LogP contribution in [-0.2, 0) is 21.4 Å². The van der Waals surface area contributed by atoms with Crippen molar-refractivity contribution in [3.63, 3.8) is 0 Å². The summed E-state index contributed by atoms with van der Waals surface area (Å²) in [6.45, 7) is 0.870. The largest absolute Gasteiger partial charge is 0.368 e. The molecule has 0 unspecified atom stereocenters. The maximum Gasteiger partial charge on any atom is 0.264 e. The van der Waals surface area contributed by atoms with E-state index in [9.17, 15) is 17.6 Å². The number of anilines is 2. The summed E-state index contributed by atoms with van der Waals surface area (Å²) in [4.78, 5) is 24.2. The van der Waals surface area contributed by atoms with Gasteiger partial charge in [0, 0.05) is 13.0 Å². The van der Waals surface area contributed by atoms with E-state index in [4.69, 9.17) is 5.21 Å². The predicted octanol–water partition coefficient (Wildman–Crippen LogP) is 2.90. The van der Waals surface area contributed by atoms with Crippen molar-refractivity contribution < 1.29 is 22.8 Å². The Labute approximate surface area is 206 Å². The first kappa shape index (κ1) is 25.0. The molecule has 0 saturated heterocycles. The molecule has 0 aliphatic rings. The Bertz CT molecular complexity index is 1440. The van der Waals surface area contributed by atoms with E-state index in [0.29, 0.717) is 42.9 Å². The zero-order chi connectivity index (χ0) is 25.5. The molecule has 0 spiro atoms. The smallest absolute Gasteiger partial charge is 0.264 e. The van der Waals surface area contributed by atoms with Gasteiger partial charge in [-0.1, -0.05) is 30.3 Å². The lowest BCUT2D eigenvalue weighted by molar-refractivity contribution is -0.129.